The van der Waals surface area contributed by atoms with Gasteiger partial charge in [-0.25, -0.2) is 4.39 Å². The van der Waals surface area contributed by atoms with Gasteiger partial charge in [-0.15, -0.1) is 0 Å². The first-order valence-electron chi connectivity index (χ1n) is 10.1. The number of carbonyl (C=O) groups excluding carboxylic acids is 1. The maximum atomic E-state index is 13.5. The molecule has 3 nitrogen and oxygen atoms in total. The Labute approximate surface area is 176 Å². The van der Waals surface area contributed by atoms with Crippen molar-refractivity contribution in [3.05, 3.63) is 106 Å². The minimum absolute atomic E-state index is 0.0982. The molecule has 0 radical (unpaired) electrons. The second kappa shape index (κ2) is 7.79. The third-order valence-electron chi connectivity index (χ3n) is 5.55. The molecule has 0 fully saturated rings. The Balaban J connectivity index is 1.79. The van der Waals surface area contributed by atoms with E-state index in [4.69, 9.17) is 0 Å². The van der Waals surface area contributed by atoms with Crippen molar-refractivity contribution >= 4 is 17.3 Å². The van der Waals surface area contributed by atoms with Gasteiger partial charge in [-0.2, -0.15) is 0 Å². The summed E-state index contributed by atoms with van der Waals surface area (Å²) in [6.45, 7) is 8.06. The van der Waals surface area contributed by atoms with Gasteiger partial charge in [0.2, 0.25) is 0 Å². The molecule has 0 spiro atoms. The van der Waals surface area contributed by atoms with Gasteiger partial charge in [-0.05, 0) is 85.9 Å². The first-order valence-corrected chi connectivity index (χ1v) is 10.1. The quantitative estimate of drug-likeness (QED) is 0.570. The third kappa shape index (κ3) is 3.73. The van der Waals surface area contributed by atoms with E-state index in [0.717, 1.165) is 39.2 Å². The molecule has 30 heavy (non-hydrogen) atoms. The van der Waals surface area contributed by atoms with Gasteiger partial charge in [0, 0.05) is 11.4 Å². The Hall–Kier alpha value is -3.40. The Morgan fingerprint density at radius 1 is 0.833 bits per heavy atom. The fraction of sp³-hybridized carbons (Fsp3) is 0.192. The molecule has 4 rings (SSSR count). The van der Waals surface area contributed by atoms with Gasteiger partial charge in [-0.1, -0.05) is 36.4 Å². The summed E-state index contributed by atoms with van der Waals surface area (Å²) in [6, 6.07) is 18.3. The number of hydrogen-bond donors (Lipinski definition) is 1. The number of halogens is 1. The highest BCUT2D eigenvalue weighted by molar-refractivity contribution is 6.11. The highest BCUT2D eigenvalue weighted by atomic mass is 19.1. The predicted octanol–water partition coefficient (Wildman–Crippen LogP) is 6.14. The van der Waals surface area contributed by atoms with Crippen molar-refractivity contribution < 1.29 is 9.18 Å². The van der Waals surface area contributed by atoms with Crippen molar-refractivity contribution in [2.45, 2.75) is 33.7 Å². The van der Waals surface area contributed by atoms with Gasteiger partial charge in [0.15, 0.2) is 0 Å². The highest BCUT2D eigenvalue weighted by Gasteiger charge is 2.35. The molecular formula is C26H25FN2O. The van der Waals surface area contributed by atoms with Crippen LogP contribution in [0.25, 0.3) is 0 Å². The van der Waals surface area contributed by atoms with E-state index in [1.54, 1.807) is 17.0 Å². The Bertz CT molecular complexity index is 1150. The van der Waals surface area contributed by atoms with Gasteiger partial charge in [0.1, 0.15) is 11.5 Å². The molecule has 4 heteroatoms. The Morgan fingerprint density at radius 2 is 1.47 bits per heavy atom. The van der Waals surface area contributed by atoms with Crippen LogP contribution in [0.15, 0.2) is 72.4 Å². The summed E-state index contributed by atoms with van der Waals surface area (Å²) in [6.07, 6.45) is 1.93. The summed E-state index contributed by atoms with van der Waals surface area (Å²) in [5.74, 6) is -0.391. The van der Waals surface area contributed by atoms with Crippen molar-refractivity contribution in [3.63, 3.8) is 0 Å². The zero-order valence-electron chi connectivity index (χ0n) is 17.7. The van der Waals surface area contributed by atoms with Crippen molar-refractivity contribution in [3.8, 4) is 0 Å². The molecule has 1 N–H and O–H groups in total. The number of aryl methyl sites for hydroxylation is 4. The topological polar surface area (TPSA) is 32.3 Å². The number of benzene rings is 3. The van der Waals surface area contributed by atoms with E-state index in [1.807, 2.05) is 64.1 Å². The van der Waals surface area contributed by atoms with Crippen LogP contribution in [0, 0.1) is 33.5 Å². The smallest absolute Gasteiger partial charge is 0.275 e. The van der Waals surface area contributed by atoms with Crippen LogP contribution in [0.1, 0.15) is 33.9 Å². The second-order valence-electron chi connectivity index (χ2n) is 7.99. The number of hydrogen-bond acceptors (Lipinski definition) is 2. The minimum atomic E-state index is -0.314. The summed E-state index contributed by atoms with van der Waals surface area (Å²) in [5, 5.41) is 3.34. The average molecular weight is 400 g/mol. The van der Waals surface area contributed by atoms with Crippen molar-refractivity contribution in [1.29, 1.82) is 0 Å². The largest absolute Gasteiger partial charge is 0.351 e. The van der Waals surface area contributed by atoms with Crippen LogP contribution in [-0.4, -0.2) is 5.91 Å². The lowest BCUT2D eigenvalue weighted by atomic mass is 10.0. The maximum Gasteiger partial charge on any atom is 0.275 e. The molecule has 1 atom stereocenters. The van der Waals surface area contributed by atoms with E-state index in [-0.39, 0.29) is 17.8 Å². The lowest BCUT2D eigenvalue weighted by Crippen LogP contribution is -2.31. The summed E-state index contributed by atoms with van der Waals surface area (Å²) >= 11 is 0. The van der Waals surface area contributed by atoms with Crippen LogP contribution in [0.4, 0.5) is 15.8 Å². The highest BCUT2D eigenvalue weighted by Crippen LogP contribution is 2.38. The number of carbonyl (C=O) groups is 1. The monoisotopic (exact) mass is 400 g/mol. The molecule has 1 aliphatic heterocycles. The van der Waals surface area contributed by atoms with E-state index in [9.17, 15) is 9.18 Å². The fourth-order valence-corrected chi connectivity index (χ4v) is 3.81. The van der Waals surface area contributed by atoms with Crippen molar-refractivity contribution in [1.82, 2.24) is 0 Å². The molecule has 1 aliphatic rings. The second-order valence-corrected chi connectivity index (χ2v) is 7.99. The molecule has 0 saturated carbocycles. The van der Waals surface area contributed by atoms with Crippen LogP contribution in [0.3, 0.4) is 0 Å². The SMILES string of the molecule is Cc1ccc(C)c(NC2=C[C@H](c3ccc(F)cc3)N(c3cc(C)ccc3C)C2=O)c1. The van der Waals surface area contributed by atoms with Gasteiger partial charge in [0.05, 0.1) is 6.04 Å². The lowest BCUT2D eigenvalue weighted by molar-refractivity contribution is -0.114. The summed E-state index contributed by atoms with van der Waals surface area (Å²) in [4.78, 5) is 15.3. The molecule has 0 bridgehead atoms. The van der Waals surface area contributed by atoms with Crippen LogP contribution >= 0.6 is 0 Å². The third-order valence-corrected chi connectivity index (χ3v) is 5.55. The number of rotatable bonds is 4. The Kier molecular flexibility index (Phi) is 5.17. The average Bonchev–Trinajstić information content (AvgIpc) is 3.03. The van der Waals surface area contributed by atoms with Crippen molar-refractivity contribution in [2.75, 3.05) is 10.2 Å². The molecule has 3 aromatic carbocycles. The van der Waals surface area contributed by atoms with Gasteiger partial charge < -0.3 is 5.32 Å². The van der Waals surface area contributed by atoms with E-state index in [1.165, 1.54) is 12.1 Å². The van der Waals surface area contributed by atoms with Gasteiger partial charge >= 0.3 is 0 Å². The van der Waals surface area contributed by atoms with Gasteiger partial charge in [-0.3, -0.25) is 9.69 Å². The first-order chi connectivity index (χ1) is 14.3. The lowest BCUT2D eigenvalue weighted by Gasteiger charge is -2.27. The number of amides is 1. The van der Waals surface area contributed by atoms with Crippen LogP contribution in [0.2, 0.25) is 0 Å². The van der Waals surface area contributed by atoms with E-state index in [0.29, 0.717) is 5.70 Å². The number of nitrogens with one attached hydrogen (secondary N) is 1. The summed E-state index contributed by atoms with van der Waals surface area (Å²) < 4.78 is 13.5. The standard InChI is InChI=1S/C26H25FN2O/c1-16-5-7-18(3)22(13-16)28-23-15-25(20-9-11-21(27)12-10-20)29(26(23)30)24-14-17(2)6-8-19(24)4/h5-15,25,28H,1-4H3/t25-/m1/s1. The molecule has 0 aromatic heterocycles. The molecular weight excluding hydrogens is 375 g/mol. The number of anilines is 2. The molecule has 1 heterocycles. The fourth-order valence-electron chi connectivity index (χ4n) is 3.81. The molecule has 0 unspecified atom stereocenters. The van der Waals surface area contributed by atoms with Crippen molar-refractivity contribution in [2.24, 2.45) is 0 Å². The first kappa shape index (κ1) is 19.9. The zero-order chi connectivity index (χ0) is 21.4. The molecule has 1 amide bonds. The van der Waals surface area contributed by atoms with Gasteiger partial charge in [0.25, 0.3) is 5.91 Å². The van der Waals surface area contributed by atoms with Crippen LogP contribution in [0.5, 0.6) is 0 Å². The van der Waals surface area contributed by atoms with Crippen LogP contribution < -0.4 is 10.2 Å². The molecule has 0 saturated heterocycles. The Morgan fingerprint density at radius 3 is 2.17 bits per heavy atom. The molecule has 3 aromatic rings. The van der Waals surface area contributed by atoms with E-state index < -0.39 is 0 Å². The predicted molar refractivity (Wildman–Crippen MR) is 120 cm³/mol. The zero-order valence-corrected chi connectivity index (χ0v) is 17.7. The maximum absolute atomic E-state index is 13.5. The summed E-state index contributed by atoms with van der Waals surface area (Å²) in [5.41, 5.74) is 7.45. The van der Waals surface area contributed by atoms with E-state index in [2.05, 4.69) is 11.4 Å². The minimum Gasteiger partial charge on any atom is -0.351 e. The van der Waals surface area contributed by atoms with Crippen LogP contribution in [-0.2, 0) is 4.79 Å². The molecule has 152 valence electrons. The van der Waals surface area contributed by atoms with E-state index >= 15 is 0 Å². The normalized spacial score (nSPS) is 16.0. The number of nitrogens with zero attached hydrogens (tertiary/aromatic N) is 1. The molecule has 0 aliphatic carbocycles. The summed E-state index contributed by atoms with van der Waals surface area (Å²) in [7, 11) is 0.